The molecular formula is C19H21NO6S. The molecule has 0 bridgehead atoms. The lowest BCUT2D eigenvalue weighted by molar-refractivity contribution is 0.103. The summed E-state index contributed by atoms with van der Waals surface area (Å²) in [5.41, 5.74) is 2.73. The molecule has 3 rings (SSSR count). The van der Waals surface area contributed by atoms with E-state index in [4.69, 9.17) is 4.42 Å². The number of nitrogens with zero attached hydrogens (tertiary/aromatic N) is 1. The largest absolute Gasteiger partial charge is 0.441 e. The van der Waals surface area contributed by atoms with Crippen molar-refractivity contribution in [2.24, 2.45) is 0 Å². The molecule has 2 aromatic carbocycles. The molecule has 0 amide bonds. The third kappa shape index (κ3) is 5.99. The van der Waals surface area contributed by atoms with E-state index in [-0.39, 0.29) is 19.0 Å². The summed E-state index contributed by atoms with van der Waals surface area (Å²) < 4.78 is 34.6. The predicted molar refractivity (Wildman–Crippen MR) is 101 cm³/mol. The summed E-state index contributed by atoms with van der Waals surface area (Å²) in [6.45, 7) is 5.18. The number of hydrogen-bond donors (Lipinski definition) is 0. The number of ketones is 1. The van der Waals surface area contributed by atoms with Crippen molar-refractivity contribution in [3.8, 4) is 0 Å². The molecule has 0 unspecified atom stereocenters. The Kier molecular flexibility index (Phi) is 7.23. The van der Waals surface area contributed by atoms with Crippen LogP contribution in [0.2, 0.25) is 0 Å². The van der Waals surface area contributed by atoms with Crippen molar-refractivity contribution in [2.75, 3.05) is 13.2 Å². The van der Waals surface area contributed by atoms with E-state index < -0.39 is 10.4 Å². The van der Waals surface area contributed by atoms with Crippen LogP contribution in [0.25, 0.3) is 11.1 Å². The molecule has 3 aromatic rings. The van der Waals surface area contributed by atoms with Gasteiger partial charge < -0.3 is 4.42 Å². The number of fused-ring (bicyclic) bond motifs is 1. The summed E-state index contributed by atoms with van der Waals surface area (Å²) in [6, 6.07) is 14.5. The quantitative estimate of drug-likeness (QED) is 0.592. The van der Waals surface area contributed by atoms with Crippen LogP contribution in [-0.2, 0) is 18.8 Å². The molecule has 0 radical (unpaired) electrons. The molecule has 0 aliphatic carbocycles. The molecule has 0 saturated carbocycles. The van der Waals surface area contributed by atoms with Gasteiger partial charge >= 0.3 is 10.4 Å². The van der Waals surface area contributed by atoms with Gasteiger partial charge in [0.05, 0.1) is 13.2 Å². The minimum Gasteiger partial charge on any atom is -0.441 e. The maximum atomic E-state index is 12.2. The normalized spacial score (nSPS) is 11.1. The average Bonchev–Trinajstić information content (AvgIpc) is 3.01. The molecule has 0 fully saturated rings. The first-order valence-electron chi connectivity index (χ1n) is 8.37. The van der Waals surface area contributed by atoms with Gasteiger partial charge in [0.1, 0.15) is 5.52 Å². The Hall–Kier alpha value is -2.55. The summed E-state index contributed by atoms with van der Waals surface area (Å²) >= 11 is 0. The predicted octanol–water partition coefficient (Wildman–Crippen LogP) is 3.67. The van der Waals surface area contributed by atoms with Crippen LogP contribution in [0.5, 0.6) is 0 Å². The molecular weight excluding hydrogens is 370 g/mol. The number of carbonyl (C=O) groups excluding carboxylic acids is 1. The zero-order valence-corrected chi connectivity index (χ0v) is 16.2. The SMILES string of the molecule is CCOS(=O)(=O)OCC.Cc1nc2cc(C(=O)c3ccccc3)ccc2o1. The molecule has 0 N–H and O–H groups in total. The van der Waals surface area contributed by atoms with E-state index in [1.807, 2.05) is 18.2 Å². The summed E-state index contributed by atoms with van der Waals surface area (Å²) in [6.07, 6.45) is 0. The van der Waals surface area contributed by atoms with E-state index in [0.29, 0.717) is 28.1 Å². The molecule has 0 atom stereocenters. The fourth-order valence-electron chi connectivity index (χ4n) is 2.26. The van der Waals surface area contributed by atoms with Gasteiger partial charge in [-0.05, 0) is 32.0 Å². The number of aryl methyl sites for hydroxylation is 1. The van der Waals surface area contributed by atoms with Crippen LogP contribution in [0, 0.1) is 6.92 Å². The third-order valence-electron chi connectivity index (χ3n) is 3.32. The number of rotatable bonds is 6. The van der Waals surface area contributed by atoms with E-state index in [9.17, 15) is 13.2 Å². The van der Waals surface area contributed by atoms with E-state index in [1.54, 1.807) is 51.1 Å². The molecule has 144 valence electrons. The van der Waals surface area contributed by atoms with Crippen LogP contribution < -0.4 is 0 Å². The van der Waals surface area contributed by atoms with Crippen molar-refractivity contribution in [1.82, 2.24) is 4.98 Å². The van der Waals surface area contributed by atoms with Gasteiger partial charge in [-0.15, -0.1) is 0 Å². The standard InChI is InChI=1S/C15H11NO2.C4H10O4S/c1-10-16-13-9-12(7-8-14(13)18-10)15(17)11-5-3-2-4-6-11;1-3-7-9(5,6)8-4-2/h2-9H,1H3;3-4H2,1-2H3. The van der Waals surface area contributed by atoms with Crippen molar-refractivity contribution in [2.45, 2.75) is 20.8 Å². The van der Waals surface area contributed by atoms with Gasteiger partial charge in [0, 0.05) is 18.1 Å². The zero-order chi connectivity index (χ0) is 19.9. The van der Waals surface area contributed by atoms with E-state index in [1.165, 1.54) is 0 Å². The molecule has 0 aliphatic rings. The molecule has 7 nitrogen and oxygen atoms in total. The lowest BCUT2D eigenvalue weighted by atomic mass is 10.0. The topological polar surface area (TPSA) is 95.7 Å². The van der Waals surface area contributed by atoms with Gasteiger partial charge in [-0.1, -0.05) is 30.3 Å². The van der Waals surface area contributed by atoms with Crippen LogP contribution in [-0.4, -0.2) is 32.4 Å². The minimum atomic E-state index is -3.68. The highest BCUT2D eigenvalue weighted by molar-refractivity contribution is 7.81. The molecule has 0 spiro atoms. The maximum absolute atomic E-state index is 12.2. The van der Waals surface area contributed by atoms with Crippen LogP contribution in [0.15, 0.2) is 52.9 Å². The van der Waals surface area contributed by atoms with Crippen molar-refractivity contribution >= 4 is 27.3 Å². The lowest BCUT2D eigenvalue weighted by Gasteiger charge is -2.00. The Morgan fingerprint density at radius 3 is 2.22 bits per heavy atom. The van der Waals surface area contributed by atoms with Gasteiger partial charge in [0.2, 0.25) is 0 Å². The first-order valence-corrected chi connectivity index (χ1v) is 9.70. The molecule has 27 heavy (non-hydrogen) atoms. The van der Waals surface area contributed by atoms with Crippen LogP contribution in [0.4, 0.5) is 0 Å². The van der Waals surface area contributed by atoms with Crippen LogP contribution in [0.1, 0.15) is 35.7 Å². The Bertz CT molecular complexity index is 983. The smallest absolute Gasteiger partial charge is 0.399 e. The van der Waals surface area contributed by atoms with E-state index in [2.05, 4.69) is 13.4 Å². The summed E-state index contributed by atoms with van der Waals surface area (Å²) in [4.78, 5) is 16.5. The number of oxazole rings is 1. The average molecular weight is 391 g/mol. The molecule has 1 heterocycles. The summed E-state index contributed by atoms with van der Waals surface area (Å²) in [7, 11) is -3.68. The van der Waals surface area contributed by atoms with E-state index >= 15 is 0 Å². The highest BCUT2D eigenvalue weighted by atomic mass is 32.3. The second-order valence-corrected chi connectivity index (χ2v) is 6.62. The van der Waals surface area contributed by atoms with Crippen molar-refractivity contribution in [1.29, 1.82) is 0 Å². The Morgan fingerprint density at radius 1 is 1.00 bits per heavy atom. The number of carbonyl (C=O) groups is 1. The minimum absolute atomic E-state index is 0.00171. The van der Waals surface area contributed by atoms with Gasteiger partial charge in [-0.3, -0.25) is 4.79 Å². The Labute approximate surface area is 158 Å². The molecule has 0 aliphatic heterocycles. The zero-order valence-electron chi connectivity index (χ0n) is 15.3. The van der Waals surface area contributed by atoms with Crippen LogP contribution >= 0.6 is 0 Å². The van der Waals surface area contributed by atoms with Crippen molar-refractivity contribution < 1.29 is 26.0 Å². The third-order valence-corrected chi connectivity index (χ3v) is 4.37. The lowest BCUT2D eigenvalue weighted by Crippen LogP contribution is -2.09. The number of aromatic nitrogens is 1. The maximum Gasteiger partial charge on any atom is 0.399 e. The van der Waals surface area contributed by atoms with Gasteiger partial charge in [-0.25, -0.2) is 13.4 Å². The molecule has 8 heteroatoms. The highest BCUT2D eigenvalue weighted by Gasteiger charge is 2.11. The monoisotopic (exact) mass is 391 g/mol. The Balaban J connectivity index is 0.000000249. The summed E-state index contributed by atoms with van der Waals surface area (Å²) in [5, 5.41) is 0. The number of hydrogen-bond acceptors (Lipinski definition) is 7. The van der Waals surface area contributed by atoms with Crippen molar-refractivity contribution in [3.05, 3.63) is 65.5 Å². The highest BCUT2D eigenvalue weighted by Crippen LogP contribution is 2.18. The fourth-order valence-corrected chi connectivity index (χ4v) is 2.91. The first-order chi connectivity index (χ1) is 12.9. The Morgan fingerprint density at radius 2 is 1.63 bits per heavy atom. The van der Waals surface area contributed by atoms with E-state index in [0.717, 1.165) is 0 Å². The van der Waals surface area contributed by atoms with Crippen LogP contribution in [0.3, 0.4) is 0 Å². The molecule has 0 saturated heterocycles. The second kappa shape index (κ2) is 9.40. The second-order valence-electron chi connectivity index (χ2n) is 5.33. The molecule has 1 aromatic heterocycles. The van der Waals surface area contributed by atoms with Gasteiger partial charge in [0.25, 0.3) is 0 Å². The van der Waals surface area contributed by atoms with Crippen molar-refractivity contribution in [3.63, 3.8) is 0 Å². The fraction of sp³-hybridized carbons (Fsp3) is 0.263. The first kappa shape index (κ1) is 20.8. The number of benzene rings is 2. The summed E-state index contributed by atoms with van der Waals surface area (Å²) in [5.74, 6) is 0.604. The van der Waals surface area contributed by atoms with Gasteiger partial charge in [-0.2, -0.15) is 8.42 Å². The van der Waals surface area contributed by atoms with Gasteiger partial charge in [0.15, 0.2) is 17.3 Å².